The predicted octanol–water partition coefficient (Wildman–Crippen LogP) is 6.30. The fourth-order valence-electron chi connectivity index (χ4n) is 3.14. The smallest absolute Gasteiger partial charge is 0.343 e. The topological polar surface area (TPSA) is 35.5 Å². The Morgan fingerprint density at radius 3 is 2.06 bits per heavy atom. The molecule has 0 aliphatic carbocycles. The van der Waals surface area contributed by atoms with Crippen molar-refractivity contribution < 1.29 is 23.0 Å². The third kappa shape index (κ3) is 6.44. The number of esters is 1. The van der Waals surface area contributed by atoms with Crippen molar-refractivity contribution in [2.45, 2.75) is 18.2 Å². The van der Waals surface area contributed by atoms with Crippen LogP contribution in [0.2, 0.25) is 0 Å². The summed E-state index contributed by atoms with van der Waals surface area (Å²) in [5.41, 5.74) is 3.63. The lowest BCUT2D eigenvalue weighted by atomic mass is 9.98. The van der Waals surface area contributed by atoms with Gasteiger partial charge in [0.2, 0.25) is 0 Å². The minimum atomic E-state index is -0.426. The number of hydrogen-bond acceptors (Lipinski definition) is 4. The van der Waals surface area contributed by atoms with Crippen molar-refractivity contribution in [3.63, 3.8) is 0 Å². The zero-order chi connectivity index (χ0) is 22.9. The van der Waals surface area contributed by atoms with Gasteiger partial charge in [-0.1, -0.05) is 37.3 Å². The molecule has 0 amide bonds. The minimum Gasteiger partial charge on any atom is -0.482 e. The largest absolute Gasteiger partial charge is 0.482 e. The van der Waals surface area contributed by atoms with Gasteiger partial charge in [0.05, 0.1) is 7.11 Å². The lowest BCUT2D eigenvalue weighted by molar-refractivity contribution is -0.142. The Kier molecular flexibility index (Phi) is 8.45. The molecule has 0 saturated carbocycles. The fourth-order valence-corrected chi connectivity index (χ4v) is 3.97. The van der Waals surface area contributed by atoms with E-state index in [0.717, 1.165) is 33.6 Å². The normalized spacial score (nSPS) is 10.5. The Hall–Kier alpha value is -3.12. The molecular weight excluding hydrogens is 430 g/mol. The molecule has 0 radical (unpaired) electrons. The van der Waals surface area contributed by atoms with E-state index in [-0.39, 0.29) is 18.2 Å². The maximum absolute atomic E-state index is 13.4. The van der Waals surface area contributed by atoms with Crippen LogP contribution in [0.4, 0.5) is 8.78 Å². The van der Waals surface area contributed by atoms with Gasteiger partial charge in [0, 0.05) is 10.6 Å². The molecule has 0 atom stereocenters. The van der Waals surface area contributed by atoms with Crippen molar-refractivity contribution in [3.05, 3.63) is 101 Å². The molecule has 0 unspecified atom stereocenters. The fraction of sp³-hybridized carbons (Fsp3) is 0.192. The number of benzene rings is 3. The van der Waals surface area contributed by atoms with E-state index in [1.165, 1.54) is 31.4 Å². The summed E-state index contributed by atoms with van der Waals surface area (Å²) < 4.78 is 37.0. The van der Waals surface area contributed by atoms with Crippen LogP contribution in [0.3, 0.4) is 0 Å². The molecule has 0 aliphatic rings. The van der Waals surface area contributed by atoms with Gasteiger partial charge < -0.3 is 9.47 Å². The SMILES string of the molecule is CCc1cc(SCC=C(c2ccc(F)cc2)c2ccc(F)cc2)ccc1OCC(=O)OC. The van der Waals surface area contributed by atoms with Crippen molar-refractivity contribution in [2.24, 2.45) is 0 Å². The Labute approximate surface area is 191 Å². The second kappa shape index (κ2) is 11.5. The van der Waals surface area contributed by atoms with Gasteiger partial charge in [-0.2, -0.15) is 0 Å². The summed E-state index contributed by atoms with van der Waals surface area (Å²) >= 11 is 1.64. The van der Waals surface area contributed by atoms with Crippen LogP contribution in [0, 0.1) is 11.6 Å². The van der Waals surface area contributed by atoms with Crippen LogP contribution in [-0.4, -0.2) is 25.4 Å². The van der Waals surface area contributed by atoms with Crippen LogP contribution in [-0.2, 0) is 16.0 Å². The van der Waals surface area contributed by atoms with Crippen molar-refractivity contribution in [2.75, 3.05) is 19.5 Å². The van der Waals surface area contributed by atoms with E-state index in [1.807, 2.05) is 25.1 Å². The highest BCUT2D eigenvalue weighted by Gasteiger charge is 2.09. The van der Waals surface area contributed by atoms with Crippen molar-refractivity contribution in [1.29, 1.82) is 0 Å². The second-order valence-electron chi connectivity index (χ2n) is 6.93. The van der Waals surface area contributed by atoms with Crippen LogP contribution in [0.5, 0.6) is 5.75 Å². The molecule has 3 aromatic carbocycles. The summed E-state index contributed by atoms with van der Waals surface area (Å²) in [7, 11) is 1.33. The first-order valence-corrected chi connectivity index (χ1v) is 11.2. The number of thioether (sulfide) groups is 1. The Balaban J connectivity index is 1.77. The van der Waals surface area contributed by atoms with E-state index in [4.69, 9.17) is 4.74 Å². The first kappa shape index (κ1) is 23.5. The number of carbonyl (C=O) groups excluding carboxylic acids is 1. The molecule has 0 aliphatic heterocycles. The molecule has 0 heterocycles. The van der Waals surface area contributed by atoms with Gasteiger partial charge in [-0.15, -0.1) is 11.8 Å². The molecule has 0 spiro atoms. The van der Waals surface area contributed by atoms with E-state index in [9.17, 15) is 13.6 Å². The lowest BCUT2D eigenvalue weighted by Gasteiger charge is -2.12. The zero-order valence-corrected chi connectivity index (χ0v) is 18.8. The highest BCUT2D eigenvalue weighted by Crippen LogP contribution is 2.29. The number of carbonyl (C=O) groups is 1. The molecule has 0 N–H and O–H groups in total. The second-order valence-corrected chi connectivity index (χ2v) is 8.02. The molecule has 3 rings (SSSR count). The van der Waals surface area contributed by atoms with Gasteiger partial charge in [-0.05, 0) is 71.1 Å². The lowest BCUT2D eigenvalue weighted by Crippen LogP contribution is -2.13. The molecule has 3 nitrogen and oxygen atoms in total. The summed E-state index contributed by atoms with van der Waals surface area (Å²) in [6.07, 6.45) is 2.82. The number of ether oxygens (including phenoxy) is 2. The Morgan fingerprint density at radius 2 is 1.53 bits per heavy atom. The minimum absolute atomic E-state index is 0.128. The predicted molar refractivity (Wildman–Crippen MR) is 124 cm³/mol. The number of methoxy groups -OCH3 is 1. The Morgan fingerprint density at radius 1 is 0.938 bits per heavy atom. The highest BCUT2D eigenvalue weighted by atomic mass is 32.2. The average Bonchev–Trinajstić information content (AvgIpc) is 2.82. The van der Waals surface area contributed by atoms with Gasteiger partial charge >= 0.3 is 5.97 Å². The monoisotopic (exact) mass is 454 g/mol. The third-order valence-electron chi connectivity index (χ3n) is 4.83. The standard InChI is InChI=1S/C26H24F2O3S/c1-3-18-16-23(12-13-25(18)31-17-26(29)30-2)32-15-14-24(19-4-8-21(27)9-5-19)20-6-10-22(28)11-7-20/h4-14,16H,3,15,17H2,1-2H3. The summed E-state index contributed by atoms with van der Waals surface area (Å²) in [5.74, 6) is 0.294. The van der Waals surface area contributed by atoms with Crippen LogP contribution in [0.25, 0.3) is 5.57 Å². The van der Waals surface area contributed by atoms with Crippen molar-refractivity contribution >= 4 is 23.3 Å². The first-order chi connectivity index (χ1) is 15.5. The number of halogens is 2. The molecule has 32 heavy (non-hydrogen) atoms. The molecular formula is C26H24F2O3S. The maximum atomic E-state index is 13.4. The summed E-state index contributed by atoms with van der Waals surface area (Å²) in [6, 6.07) is 18.4. The Bertz CT molecular complexity index is 1030. The summed E-state index contributed by atoms with van der Waals surface area (Å²) in [5, 5.41) is 0. The van der Waals surface area contributed by atoms with Gasteiger partial charge in [0.25, 0.3) is 0 Å². The molecule has 0 saturated heterocycles. The van der Waals surface area contributed by atoms with E-state index in [1.54, 1.807) is 36.0 Å². The van der Waals surface area contributed by atoms with Gasteiger partial charge in [-0.3, -0.25) is 0 Å². The molecule has 0 fully saturated rings. The van der Waals surface area contributed by atoms with E-state index in [0.29, 0.717) is 11.5 Å². The molecule has 3 aromatic rings. The number of rotatable bonds is 9. The quantitative estimate of drug-likeness (QED) is 0.281. The maximum Gasteiger partial charge on any atom is 0.343 e. The number of aryl methyl sites for hydroxylation is 1. The zero-order valence-electron chi connectivity index (χ0n) is 17.9. The summed E-state index contributed by atoms with van der Waals surface area (Å²) in [6.45, 7) is 1.90. The highest BCUT2D eigenvalue weighted by molar-refractivity contribution is 7.99. The molecule has 0 bridgehead atoms. The molecule has 0 aromatic heterocycles. The molecule has 6 heteroatoms. The van der Waals surface area contributed by atoms with E-state index >= 15 is 0 Å². The third-order valence-corrected chi connectivity index (χ3v) is 5.75. The van der Waals surface area contributed by atoms with Gasteiger partial charge in [-0.25, -0.2) is 13.6 Å². The number of hydrogen-bond donors (Lipinski definition) is 0. The molecule has 166 valence electrons. The van der Waals surface area contributed by atoms with E-state index in [2.05, 4.69) is 10.8 Å². The van der Waals surface area contributed by atoms with Crippen LogP contribution in [0.15, 0.2) is 77.7 Å². The van der Waals surface area contributed by atoms with Gasteiger partial charge in [0.1, 0.15) is 17.4 Å². The van der Waals surface area contributed by atoms with Gasteiger partial charge in [0.15, 0.2) is 6.61 Å². The van der Waals surface area contributed by atoms with Crippen LogP contribution < -0.4 is 4.74 Å². The first-order valence-electron chi connectivity index (χ1n) is 10.2. The van der Waals surface area contributed by atoms with Crippen LogP contribution >= 0.6 is 11.8 Å². The summed E-state index contributed by atoms with van der Waals surface area (Å²) in [4.78, 5) is 12.4. The van der Waals surface area contributed by atoms with E-state index < -0.39 is 5.97 Å². The van der Waals surface area contributed by atoms with Crippen LogP contribution in [0.1, 0.15) is 23.6 Å². The average molecular weight is 455 g/mol. The van der Waals surface area contributed by atoms with Crippen molar-refractivity contribution in [3.8, 4) is 5.75 Å². The van der Waals surface area contributed by atoms with Crippen molar-refractivity contribution in [1.82, 2.24) is 0 Å².